The highest BCUT2D eigenvalue weighted by Crippen LogP contribution is 2.21. The van der Waals surface area contributed by atoms with Gasteiger partial charge in [-0.25, -0.2) is 14.8 Å². The first-order valence-corrected chi connectivity index (χ1v) is 10.3. The van der Waals surface area contributed by atoms with Gasteiger partial charge in [-0.3, -0.25) is 9.47 Å². The fraction of sp³-hybridized carbons (Fsp3) is 0.409. The number of benzene rings is 1. The topological polar surface area (TPSA) is 66.3 Å². The predicted octanol–water partition coefficient (Wildman–Crippen LogP) is 3.05. The number of fused-ring (bicyclic) bond motifs is 1. The van der Waals surface area contributed by atoms with Crippen LogP contribution in [-0.2, 0) is 6.54 Å². The second-order valence-corrected chi connectivity index (χ2v) is 7.57. The molecule has 0 bridgehead atoms. The van der Waals surface area contributed by atoms with Gasteiger partial charge in [-0.1, -0.05) is 25.1 Å². The normalized spacial score (nSPS) is 16.1. The molecule has 3 aromatic rings. The number of hydrogen-bond donors (Lipinski definition) is 1. The van der Waals surface area contributed by atoms with E-state index in [0.717, 1.165) is 61.8 Å². The lowest BCUT2D eigenvalue weighted by Crippen LogP contribution is -2.52. The van der Waals surface area contributed by atoms with Crippen molar-refractivity contribution >= 4 is 17.2 Å². The Morgan fingerprint density at radius 1 is 1.10 bits per heavy atom. The van der Waals surface area contributed by atoms with Crippen LogP contribution in [0.2, 0.25) is 0 Å². The van der Waals surface area contributed by atoms with Gasteiger partial charge < -0.3 is 10.2 Å². The van der Waals surface area contributed by atoms with Gasteiger partial charge in [0.2, 0.25) is 0 Å². The highest BCUT2D eigenvalue weighted by atomic mass is 16.2. The number of hydrogen-bond acceptors (Lipinski definition) is 4. The molecule has 0 saturated carbocycles. The van der Waals surface area contributed by atoms with Crippen LogP contribution in [0.15, 0.2) is 48.7 Å². The first-order chi connectivity index (χ1) is 14.2. The summed E-state index contributed by atoms with van der Waals surface area (Å²) in [6, 6.07) is 14.4. The number of pyridine rings is 1. The van der Waals surface area contributed by atoms with Crippen molar-refractivity contribution in [3.8, 4) is 5.69 Å². The maximum atomic E-state index is 12.4. The van der Waals surface area contributed by atoms with Crippen molar-refractivity contribution in [1.29, 1.82) is 0 Å². The van der Waals surface area contributed by atoms with Crippen LogP contribution in [-0.4, -0.2) is 62.6 Å². The summed E-state index contributed by atoms with van der Waals surface area (Å²) in [4.78, 5) is 26.0. The summed E-state index contributed by atoms with van der Waals surface area (Å²) in [6.45, 7) is 7.97. The van der Waals surface area contributed by atoms with Gasteiger partial charge in [-0.05, 0) is 37.6 Å². The Balaban J connectivity index is 1.49. The van der Waals surface area contributed by atoms with E-state index < -0.39 is 0 Å². The maximum absolute atomic E-state index is 12.4. The Kier molecular flexibility index (Phi) is 5.76. The second kappa shape index (κ2) is 8.61. The molecule has 1 N–H and O–H groups in total. The number of nitrogens with zero attached hydrogens (tertiary/aromatic N) is 5. The number of aromatic nitrogens is 3. The summed E-state index contributed by atoms with van der Waals surface area (Å²) in [5.74, 6) is 0.974. The zero-order valence-corrected chi connectivity index (χ0v) is 17.1. The number of para-hydroxylation sites is 1. The lowest BCUT2D eigenvalue weighted by Gasteiger charge is -2.35. The van der Waals surface area contributed by atoms with Gasteiger partial charge >= 0.3 is 6.03 Å². The third-order valence-corrected chi connectivity index (χ3v) is 5.51. The predicted molar refractivity (Wildman–Crippen MR) is 114 cm³/mol. The van der Waals surface area contributed by atoms with Gasteiger partial charge in [0.1, 0.15) is 11.3 Å². The molecule has 1 saturated heterocycles. The zero-order chi connectivity index (χ0) is 20.2. The molecule has 0 spiro atoms. The minimum Gasteiger partial charge on any atom is -0.336 e. The molecule has 2 aromatic heterocycles. The second-order valence-electron chi connectivity index (χ2n) is 7.57. The van der Waals surface area contributed by atoms with Crippen LogP contribution in [0.4, 0.5) is 4.79 Å². The van der Waals surface area contributed by atoms with Gasteiger partial charge in [0.25, 0.3) is 0 Å². The zero-order valence-electron chi connectivity index (χ0n) is 17.1. The highest BCUT2D eigenvalue weighted by Gasteiger charge is 2.23. The Morgan fingerprint density at radius 3 is 2.59 bits per heavy atom. The molecule has 0 radical (unpaired) electrons. The van der Waals surface area contributed by atoms with Crippen molar-refractivity contribution in [3.05, 3.63) is 54.5 Å². The fourth-order valence-corrected chi connectivity index (χ4v) is 3.63. The van der Waals surface area contributed by atoms with Crippen LogP contribution >= 0.6 is 0 Å². The summed E-state index contributed by atoms with van der Waals surface area (Å²) in [5, 5.41) is 3.06. The molecule has 1 atom stereocenters. The third-order valence-electron chi connectivity index (χ3n) is 5.51. The Labute approximate surface area is 171 Å². The molecule has 1 aliphatic rings. The molecule has 1 unspecified atom stereocenters. The number of amides is 2. The first-order valence-electron chi connectivity index (χ1n) is 10.3. The standard InChI is InChI=1S/C22H28N6O/c1-3-17(2)24-22(29)27-14-12-26(13-15-27)16-20-25-19-10-7-11-23-21(19)28(20)18-8-5-4-6-9-18/h4-11,17H,3,12-16H2,1-2H3,(H,24,29). The lowest BCUT2D eigenvalue weighted by atomic mass is 10.2. The third kappa shape index (κ3) is 4.24. The molecule has 4 rings (SSSR count). The summed E-state index contributed by atoms with van der Waals surface area (Å²) < 4.78 is 2.14. The van der Waals surface area contributed by atoms with E-state index in [1.165, 1.54) is 0 Å². The summed E-state index contributed by atoms with van der Waals surface area (Å²) in [7, 11) is 0. The van der Waals surface area contributed by atoms with Crippen LogP contribution < -0.4 is 5.32 Å². The number of carbonyl (C=O) groups is 1. The van der Waals surface area contributed by atoms with E-state index in [-0.39, 0.29) is 12.1 Å². The van der Waals surface area contributed by atoms with E-state index in [2.05, 4.69) is 38.8 Å². The molecular formula is C22H28N6O. The smallest absolute Gasteiger partial charge is 0.317 e. The summed E-state index contributed by atoms with van der Waals surface area (Å²) in [5.41, 5.74) is 2.84. The van der Waals surface area contributed by atoms with E-state index in [4.69, 9.17) is 4.98 Å². The minimum atomic E-state index is 0.0414. The monoisotopic (exact) mass is 392 g/mol. The van der Waals surface area contributed by atoms with E-state index in [9.17, 15) is 4.79 Å². The van der Waals surface area contributed by atoms with E-state index in [1.54, 1.807) is 0 Å². The number of imidazole rings is 1. The molecule has 1 aromatic carbocycles. The van der Waals surface area contributed by atoms with Crippen LogP contribution in [0.1, 0.15) is 26.1 Å². The number of rotatable bonds is 5. The largest absolute Gasteiger partial charge is 0.336 e. The molecule has 3 heterocycles. The maximum Gasteiger partial charge on any atom is 0.317 e. The fourth-order valence-electron chi connectivity index (χ4n) is 3.63. The van der Waals surface area contributed by atoms with Crippen LogP contribution in [0.25, 0.3) is 16.9 Å². The number of urea groups is 1. The van der Waals surface area contributed by atoms with Crippen molar-refractivity contribution in [1.82, 2.24) is 29.7 Å². The SMILES string of the molecule is CCC(C)NC(=O)N1CCN(Cc2nc3cccnc3n2-c2ccccc2)CC1. The van der Waals surface area contributed by atoms with Gasteiger partial charge in [-0.2, -0.15) is 0 Å². The van der Waals surface area contributed by atoms with Crippen molar-refractivity contribution < 1.29 is 4.79 Å². The first kappa shape index (κ1) is 19.4. The Bertz CT molecular complexity index is 962. The van der Waals surface area contributed by atoms with Gasteiger partial charge in [0, 0.05) is 44.1 Å². The van der Waals surface area contributed by atoms with Crippen molar-refractivity contribution in [2.24, 2.45) is 0 Å². The average Bonchev–Trinajstić information content (AvgIpc) is 3.12. The Morgan fingerprint density at radius 2 is 1.86 bits per heavy atom. The molecular weight excluding hydrogens is 364 g/mol. The lowest BCUT2D eigenvalue weighted by molar-refractivity contribution is 0.131. The molecule has 7 nitrogen and oxygen atoms in total. The van der Waals surface area contributed by atoms with Gasteiger partial charge in [0.05, 0.1) is 6.54 Å². The average molecular weight is 393 g/mol. The Hall–Kier alpha value is -2.93. The van der Waals surface area contributed by atoms with E-state index in [0.29, 0.717) is 0 Å². The van der Waals surface area contributed by atoms with Crippen LogP contribution in [0.3, 0.4) is 0 Å². The molecule has 1 fully saturated rings. The van der Waals surface area contributed by atoms with E-state index >= 15 is 0 Å². The molecule has 2 amide bonds. The molecule has 29 heavy (non-hydrogen) atoms. The van der Waals surface area contributed by atoms with Crippen molar-refractivity contribution in [2.75, 3.05) is 26.2 Å². The van der Waals surface area contributed by atoms with Gasteiger partial charge in [-0.15, -0.1) is 0 Å². The summed E-state index contributed by atoms with van der Waals surface area (Å²) >= 11 is 0. The van der Waals surface area contributed by atoms with E-state index in [1.807, 2.05) is 48.4 Å². The van der Waals surface area contributed by atoms with Crippen molar-refractivity contribution in [2.45, 2.75) is 32.9 Å². The molecule has 7 heteroatoms. The number of piperazine rings is 1. The number of nitrogens with one attached hydrogen (secondary N) is 1. The molecule has 0 aliphatic carbocycles. The molecule has 152 valence electrons. The van der Waals surface area contributed by atoms with Crippen LogP contribution in [0.5, 0.6) is 0 Å². The van der Waals surface area contributed by atoms with Gasteiger partial charge in [0.15, 0.2) is 5.65 Å². The molecule has 1 aliphatic heterocycles. The minimum absolute atomic E-state index is 0.0414. The highest BCUT2D eigenvalue weighted by molar-refractivity contribution is 5.75. The number of carbonyl (C=O) groups excluding carboxylic acids is 1. The quantitative estimate of drug-likeness (QED) is 0.725. The summed E-state index contributed by atoms with van der Waals surface area (Å²) in [6.07, 6.45) is 2.75. The van der Waals surface area contributed by atoms with Crippen molar-refractivity contribution in [3.63, 3.8) is 0 Å². The van der Waals surface area contributed by atoms with Crippen LogP contribution in [0, 0.1) is 0 Å².